The summed E-state index contributed by atoms with van der Waals surface area (Å²) in [5.74, 6) is 0. The topological polar surface area (TPSA) is 38.9 Å². The third kappa shape index (κ3) is 1.46. The maximum Gasteiger partial charge on any atom is 0.180 e. The van der Waals surface area contributed by atoms with Crippen molar-refractivity contribution in [3.63, 3.8) is 0 Å². The van der Waals surface area contributed by atoms with Gasteiger partial charge in [0.1, 0.15) is 0 Å². The molecule has 0 saturated heterocycles. The lowest BCUT2D eigenvalue weighted by atomic mass is 10.4. The number of thiazole rings is 1. The lowest BCUT2D eigenvalue weighted by molar-refractivity contribution is 1.39. The fourth-order valence-electron chi connectivity index (χ4n) is 0.449. The molecule has 0 aromatic carbocycles. The molecule has 1 aromatic rings. The Bertz CT molecular complexity index is 229. The number of anilines is 1. The standard InChI is InChI=1S/C5H6N2S2/c1-3(8)4-2-9-5(6)7-4/h2H,1H3,(H2,6,7). The Kier molecular flexibility index (Phi) is 1.78. The highest BCUT2D eigenvalue weighted by Crippen LogP contribution is 2.11. The quantitative estimate of drug-likeness (QED) is 0.497. The number of nitrogens with zero attached hydrogens (tertiary/aromatic N) is 1. The number of hydrogen-bond donors (Lipinski definition) is 1. The summed E-state index contributed by atoms with van der Waals surface area (Å²) in [6.45, 7) is 1.84. The van der Waals surface area contributed by atoms with Crippen LogP contribution in [0.5, 0.6) is 0 Å². The van der Waals surface area contributed by atoms with Gasteiger partial charge in [-0.15, -0.1) is 11.3 Å². The molecule has 0 fully saturated rings. The number of aromatic nitrogens is 1. The smallest absolute Gasteiger partial charge is 0.180 e. The molecule has 4 heteroatoms. The molecule has 48 valence electrons. The van der Waals surface area contributed by atoms with E-state index < -0.39 is 0 Å². The molecular formula is C5H6N2S2. The summed E-state index contributed by atoms with van der Waals surface area (Å²) in [6.07, 6.45) is 0. The maximum atomic E-state index is 5.36. The van der Waals surface area contributed by atoms with Gasteiger partial charge in [0.25, 0.3) is 0 Å². The van der Waals surface area contributed by atoms with Crippen LogP contribution in [0.1, 0.15) is 12.6 Å². The van der Waals surface area contributed by atoms with Crippen LogP contribution in [0, 0.1) is 0 Å². The van der Waals surface area contributed by atoms with E-state index in [0.717, 1.165) is 10.6 Å². The first-order valence-corrected chi connectivity index (χ1v) is 3.71. The van der Waals surface area contributed by atoms with Crippen molar-refractivity contribution in [3.8, 4) is 0 Å². The van der Waals surface area contributed by atoms with Gasteiger partial charge < -0.3 is 5.73 Å². The largest absolute Gasteiger partial charge is 0.375 e. The Hall–Kier alpha value is -0.480. The zero-order valence-corrected chi connectivity index (χ0v) is 6.55. The first-order chi connectivity index (χ1) is 4.20. The molecule has 0 spiro atoms. The van der Waals surface area contributed by atoms with Crippen molar-refractivity contribution < 1.29 is 0 Å². The molecule has 0 amide bonds. The SMILES string of the molecule is CC(=S)c1csc(N)n1. The molecule has 9 heavy (non-hydrogen) atoms. The Morgan fingerprint density at radius 3 is 2.78 bits per heavy atom. The summed E-state index contributed by atoms with van der Waals surface area (Å²) in [7, 11) is 0. The fourth-order valence-corrected chi connectivity index (χ4v) is 1.24. The van der Waals surface area contributed by atoms with Crippen molar-refractivity contribution >= 4 is 33.6 Å². The van der Waals surface area contributed by atoms with Crippen LogP contribution in [0.25, 0.3) is 0 Å². The maximum absolute atomic E-state index is 5.36. The number of thiocarbonyl (C=S) groups is 1. The highest BCUT2D eigenvalue weighted by Gasteiger charge is 1.97. The Morgan fingerprint density at radius 1 is 1.89 bits per heavy atom. The van der Waals surface area contributed by atoms with Gasteiger partial charge in [-0.3, -0.25) is 0 Å². The van der Waals surface area contributed by atoms with Crippen molar-refractivity contribution in [2.45, 2.75) is 6.92 Å². The number of rotatable bonds is 1. The predicted molar refractivity (Wildman–Crippen MR) is 43.9 cm³/mol. The van der Waals surface area contributed by atoms with Crippen LogP contribution < -0.4 is 5.73 Å². The van der Waals surface area contributed by atoms with Crippen LogP contribution in [0.3, 0.4) is 0 Å². The summed E-state index contributed by atoms with van der Waals surface area (Å²) in [4.78, 5) is 4.76. The molecule has 0 unspecified atom stereocenters. The van der Waals surface area contributed by atoms with Crippen LogP contribution in [0.2, 0.25) is 0 Å². The highest BCUT2D eigenvalue weighted by molar-refractivity contribution is 7.80. The molecular weight excluding hydrogens is 152 g/mol. The molecule has 1 rings (SSSR count). The molecule has 0 bridgehead atoms. The van der Waals surface area contributed by atoms with Crippen molar-refractivity contribution in [3.05, 3.63) is 11.1 Å². The second kappa shape index (κ2) is 2.41. The van der Waals surface area contributed by atoms with Gasteiger partial charge in [-0.1, -0.05) is 12.2 Å². The minimum Gasteiger partial charge on any atom is -0.375 e. The van der Waals surface area contributed by atoms with Crippen molar-refractivity contribution in [2.24, 2.45) is 0 Å². The van der Waals surface area contributed by atoms with Crippen LogP contribution in [0.4, 0.5) is 5.13 Å². The van der Waals surface area contributed by atoms with Gasteiger partial charge in [-0.2, -0.15) is 0 Å². The zero-order chi connectivity index (χ0) is 6.85. The third-order valence-corrected chi connectivity index (χ3v) is 1.77. The molecule has 0 atom stereocenters. The second-order valence-electron chi connectivity index (χ2n) is 1.63. The molecule has 0 aliphatic heterocycles. The van der Waals surface area contributed by atoms with Gasteiger partial charge in [-0.05, 0) is 6.92 Å². The van der Waals surface area contributed by atoms with E-state index in [9.17, 15) is 0 Å². The van der Waals surface area contributed by atoms with Gasteiger partial charge in [0, 0.05) is 10.2 Å². The summed E-state index contributed by atoms with van der Waals surface area (Å²) in [5, 5.41) is 2.44. The Morgan fingerprint density at radius 2 is 2.56 bits per heavy atom. The van der Waals surface area contributed by atoms with E-state index >= 15 is 0 Å². The Balaban J connectivity index is 2.98. The van der Waals surface area contributed by atoms with E-state index in [4.69, 9.17) is 18.0 Å². The summed E-state index contributed by atoms with van der Waals surface area (Å²) >= 11 is 6.28. The molecule has 1 heterocycles. The summed E-state index contributed by atoms with van der Waals surface area (Å²) in [5.41, 5.74) is 6.19. The van der Waals surface area contributed by atoms with E-state index in [1.54, 1.807) is 0 Å². The lowest BCUT2D eigenvalue weighted by Crippen LogP contribution is -1.90. The summed E-state index contributed by atoms with van der Waals surface area (Å²) in [6, 6.07) is 0. The van der Waals surface area contributed by atoms with E-state index in [-0.39, 0.29) is 0 Å². The van der Waals surface area contributed by atoms with Gasteiger partial charge in [0.05, 0.1) is 5.69 Å². The van der Waals surface area contributed by atoms with E-state index in [1.165, 1.54) is 11.3 Å². The number of nitrogens with two attached hydrogens (primary N) is 1. The predicted octanol–water partition coefficient (Wildman–Crippen LogP) is 1.46. The average Bonchev–Trinajstić information content (AvgIpc) is 2.14. The Labute approximate surface area is 62.7 Å². The van der Waals surface area contributed by atoms with E-state index in [1.807, 2.05) is 12.3 Å². The normalized spacial score (nSPS) is 9.44. The number of nitrogen functional groups attached to an aromatic ring is 1. The van der Waals surface area contributed by atoms with Gasteiger partial charge in [0.15, 0.2) is 5.13 Å². The van der Waals surface area contributed by atoms with Gasteiger partial charge >= 0.3 is 0 Å². The van der Waals surface area contributed by atoms with Gasteiger partial charge in [0.2, 0.25) is 0 Å². The van der Waals surface area contributed by atoms with E-state index in [0.29, 0.717) is 5.13 Å². The minimum atomic E-state index is 0.578. The molecule has 0 aliphatic rings. The number of hydrogen-bond acceptors (Lipinski definition) is 4. The monoisotopic (exact) mass is 158 g/mol. The molecule has 0 saturated carbocycles. The van der Waals surface area contributed by atoms with E-state index in [2.05, 4.69) is 4.98 Å². The highest BCUT2D eigenvalue weighted by atomic mass is 32.1. The third-order valence-electron chi connectivity index (χ3n) is 0.883. The minimum absolute atomic E-state index is 0.578. The van der Waals surface area contributed by atoms with Crippen molar-refractivity contribution in [1.82, 2.24) is 4.98 Å². The average molecular weight is 158 g/mol. The van der Waals surface area contributed by atoms with Crippen molar-refractivity contribution in [2.75, 3.05) is 5.73 Å². The van der Waals surface area contributed by atoms with Crippen LogP contribution in [-0.4, -0.2) is 9.85 Å². The van der Waals surface area contributed by atoms with Crippen LogP contribution in [-0.2, 0) is 0 Å². The van der Waals surface area contributed by atoms with Crippen LogP contribution >= 0.6 is 23.6 Å². The molecule has 2 nitrogen and oxygen atoms in total. The summed E-state index contributed by atoms with van der Waals surface area (Å²) < 4.78 is 0. The second-order valence-corrected chi connectivity index (χ2v) is 3.13. The first-order valence-electron chi connectivity index (χ1n) is 2.42. The first kappa shape index (κ1) is 6.64. The van der Waals surface area contributed by atoms with Crippen LogP contribution in [0.15, 0.2) is 5.38 Å². The van der Waals surface area contributed by atoms with Gasteiger partial charge in [-0.25, -0.2) is 4.98 Å². The molecule has 0 radical (unpaired) electrons. The molecule has 1 aromatic heterocycles. The van der Waals surface area contributed by atoms with Crippen molar-refractivity contribution in [1.29, 1.82) is 0 Å². The lowest BCUT2D eigenvalue weighted by Gasteiger charge is -1.83. The fraction of sp³-hybridized carbons (Fsp3) is 0.200. The molecule has 0 aliphatic carbocycles. The zero-order valence-electron chi connectivity index (χ0n) is 4.92. The molecule has 2 N–H and O–H groups in total.